The molecule has 4 nitrogen and oxygen atoms in total. The van der Waals surface area contributed by atoms with Gasteiger partial charge in [0, 0.05) is 36.4 Å². The number of benzene rings is 1. The fourth-order valence-corrected chi connectivity index (χ4v) is 2.69. The molecular weight excluding hydrogens is 306 g/mol. The van der Waals surface area contributed by atoms with E-state index in [4.69, 9.17) is 5.73 Å². The highest BCUT2D eigenvalue weighted by molar-refractivity contribution is 7.13. The van der Waals surface area contributed by atoms with Crippen LogP contribution in [0.5, 0.6) is 0 Å². The third-order valence-electron chi connectivity index (χ3n) is 2.78. The maximum absolute atomic E-state index is 11.5. The molecule has 0 bridgehead atoms. The molecule has 0 saturated heterocycles. The van der Waals surface area contributed by atoms with Crippen LogP contribution in [0, 0.1) is 0 Å². The van der Waals surface area contributed by atoms with E-state index in [0.29, 0.717) is 13.0 Å². The van der Waals surface area contributed by atoms with Gasteiger partial charge in [-0.05, 0) is 6.92 Å². The lowest BCUT2D eigenvalue weighted by Gasteiger charge is -2.05. The van der Waals surface area contributed by atoms with Crippen LogP contribution in [0.1, 0.15) is 19.0 Å². The molecule has 0 fully saturated rings. The Bertz CT molecular complexity index is 557. The Morgan fingerprint density at radius 1 is 1.38 bits per heavy atom. The number of aromatic nitrogens is 1. The minimum atomic E-state index is -0.0982. The number of halogens is 1. The van der Waals surface area contributed by atoms with Gasteiger partial charge in [0.1, 0.15) is 5.01 Å². The normalized spacial score (nSPS) is 11.5. The second-order valence-corrected chi connectivity index (χ2v) is 5.65. The molecular formula is C15H20ClN3OS. The summed E-state index contributed by atoms with van der Waals surface area (Å²) in [5, 5.41) is 5.92. The predicted molar refractivity (Wildman–Crippen MR) is 89.8 cm³/mol. The van der Waals surface area contributed by atoms with E-state index in [1.165, 1.54) is 0 Å². The Labute approximate surface area is 135 Å². The van der Waals surface area contributed by atoms with Gasteiger partial charge in [-0.2, -0.15) is 0 Å². The van der Waals surface area contributed by atoms with Gasteiger partial charge in [-0.25, -0.2) is 4.98 Å². The van der Waals surface area contributed by atoms with Gasteiger partial charge >= 0.3 is 0 Å². The standard InChI is InChI=1S/C15H19N3OS.ClH/c1-11(16)9-14(19)17-8-7-13-10-20-15(18-13)12-5-3-2-4-6-12;/h2-6,10-11H,7-9,16H2,1H3,(H,17,19);1H. The average Bonchev–Trinajstić information content (AvgIpc) is 2.88. The number of carbonyl (C=O) groups is 1. The first kappa shape index (κ1) is 17.6. The molecule has 1 aromatic carbocycles. The maximum atomic E-state index is 11.5. The van der Waals surface area contributed by atoms with Gasteiger partial charge in [-0.3, -0.25) is 4.79 Å². The molecule has 2 rings (SSSR count). The summed E-state index contributed by atoms with van der Waals surface area (Å²) >= 11 is 1.63. The molecule has 1 aromatic heterocycles. The fourth-order valence-electron chi connectivity index (χ4n) is 1.83. The molecule has 21 heavy (non-hydrogen) atoms. The van der Waals surface area contributed by atoms with Crippen molar-refractivity contribution in [2.24, 2.45) is 5.73 Å². The number of amides is 1. The first-order valence-corrected chi connectivity index (χ1v) is 7.55. The first-order valence-electron chi connectivity index (χ1n) is 6.67. The summed E-state index contributed by atoms with van der Waals surface area (Å²) in [5.41, 5.74) is 7.71. The van der Waals surface area contributed by atoms with Gasteiger partial charge in [0.25, 0.3) is 0 Å². The molecule has 1 amide bonds. The van der Waals surface area contributed by atoms with Crippen LogP contribution in [0.2, 0.25) is 0 Å². The molecule has 114 valence electrons. The van der Waals surface area contributed by atoms with Crippen molar-refractivity contribution in [2.45, 2.75) is 25.8 Å². The molecule has 0 spiro atoms. The van der Waals surface area contributed by atoms with Crippen LogP contribution in [-0.4, -0.2) is 23.5 Å². The maximum Gasteiger partial charge on any atom is 0.221 e. The molecule has 0 aliphatic heterocycles. The number of nitrogens with two attached hydrogens (primary N) is 1. The monoisotopic (exact) mass is 325 g/mol. The van der Waals surface area contributed by atoms with Gasteiger partial charge in [-0.15, -0.1) is 23.7 Å². The number of nitrogens with one attached hydrogen (secondary N) is 1. The van der Waals surface area contributed by atoms with Crippen LogP contribution in [-0.2, 0) is 11.2 Å². The van der Waals surface area contributed by atoms with E-state index in [0.717, 1.165) is 22.7 Å². The van der Waals surface area contributed by atoms with Crippen LogP contribution in [0.4, 0.5) is 0 Å². The number of rotatable bonds is 6. The lowest BCUT2D eigenvalue weighted by Crippen LogP contribution is -2.31. The van der Waals surface area contributed by atoms with E-state index in [-0.39, 0.29) is 24.4 Å². The highest BCUT2D eigenvalue weighted by atomic mass is 35.5. The zero-order valence-electron chi connectivity index (χ0n) is 11.9. The van der Waals surface area contributed by atoms with Gasteiger partial charge in [0.05, 0.1) is 5.69 Å². The lowest BCUT2D eigenvalue weighted by atomic mass is 10.2. The van der Waals surface area contributed by atoms with E-state index in [2.05, 4.69) is 10.3 Å². The van der Waals surface area contributed by atoms with Crippen molar-refractivity contribution in [3.05, 3.63) is 41.4 Å². The van der Waals surface area contributed by atoms with Crippen molar-refractivity contribution in [1.29, 1.82) is 0 Å². The summed E-state index contributed by atoms with van der Waals surface area (Å²) in [5.74, 6) is -0.00138. The molecule has 3 N–H and O–H groups in total. The predicted octanol–water partition coefficient (Wildman–Crippen LogP) is 2.63. The number of hydrogen-bond donors (Lipinski definition) is 2. The largest absolute Gasteiger partial charge is 0.356 e. The van der Waals surface area contributed by atoms with Crippen molar-refractivity contribution in [3.63, 3.8) is 0 Å². The average molecular weight is 326 g/mol. The van der Waals surface area contributed by atoms with Crippen LogP contribution < -0.4 is 11.1 Å². The quantitative estimate of drug-likeness (QED) is 0.858. The molecule has 0 aliphatic carbocycles. The molecule has 0 saturated carbocycles. The van der Waals surface area contributed by atoms with E-state index < -0.39 is 0 Å². The topological polar surface area (TPSA) is 68.0 Å². The molecule has 1 heterocycles. The highest BCUT2D eigenvalue weighted by Crippen LogP contribution is 2.23. The second-order valence-electron chi connectivity index (χ2n) is 4.79. The van der Waals surface area contributed by atoms with Crippen LogP contribution >= 0.6 is 23.7 Å². The van der Waals surface area contributed by atoms with Gasteiger partial charge in [0.2, 0.25) is 5.91 Å². The molecule has 0 radical (unpaired) electrons. The van der Waals surface area contributed by atoms with Crippen LogP contribution in [0.25, 0.3) is 10.6 Å². The Morgan fingerprint density at radius 2 is 2.10 bits per heavy atom. The number of hydrogen-bond acceptors (Lipinski definition) is 4. The van der Waals surface area contributed by atoms with Crippen LogP contribution in [0.15, 0.2) is 35.7 Å². The van der Waals surface area contributed by atoms with Crippen molar-refractivity contribution in [3.8, 4) is 10.6 Å². The molecule has 0 aliphatic rings. The third kappa shape index (κ3) is 5.83. The number of carbonyl (C=O) groups excluding carboxylic acids is 1. The Hall–Kier alpha value is -1.43. The number of nitrogens with zero attached hydrogens (tertiary/aromatic N) is 1. The van der Waals surface area contributed by atoms with E-state index in [1.54, 1.807) is 11.3 Å². The smallest absolute Gasteiger partial charge is 0.221 e. The van der Waals surface area contributed by atoms with Crippen molar-refractivity contribution >= 4 is 29.7 Å². The van der Waals surface area contributed by atoms with Crippen molar-refractivity contribution in [1.82, 2.24) is 10.3 Å². The first-order chi connectivity index (χ1) is 9.65. The molecule has 2 aromatic rings. The minimum Gasteiger partial charge on any atom is -0.356 e. The summed E-state index contributed by atoms with van der Waals surface area (Å²) in [7, 11) is 0. The SMILES string of the molecule is CC(N)CC(=O)NCCc1csc(-c2ccccc2)n1.Cl. The van der Waals surface area contributed by atoms with Crippen LogP contribution in [0.3, 0.4) is 0 Å². The highest BCUT2D eigenvalue weighted by Gasteiger charge is 2.06. The molecule has 1 unspecified atom stereocenters. The van der Waals surface area contributed by atoms with Crippen molar-refractivity contribution < 1.29 is 4.79 Å². The van der Waals surface area contributed by atoms with E-state index in [9.17, 15) is 4.79 Å². The fraction of sp³-hybridized carbons (Fsp3) is 0.333. The van der Waals surface area contributed by atoms with Crippen molar-refractivity contribution in [2.75, 3.05) is 6.54 Å². The molecule has 6 heteroatoms. The third-order valence-corrected chi connectivity index (χ3v) is 3.72. The number of thiazole rings is 1. The Kier molecular flexibility index (Phi) is 7.36. The lowest BCUT2D eigenvalue weighted by molar-refractivity contribution is -0.121. The second kappa shape index (κ2) is 8.77. The Morgan fingerprint density at radius 3 is 2.76 bits per heavy atom. The summed E-state index contributed by atoms with van der Waals surface area (Å²) in [4.78, 5) is 16.0. The summed E-state index contributed by atoms with van der Waals surface area (Å²) in [6.45, 7) is 2.43. The summed E-state index contributed by atoms with van der Waals surface area (Å²) < 4.78 is 0. The summed E-state index contributed by atoms with van der Waals surface area (Å²) in [6, 6.07) is 10.0. The molecule has 1 atom stereocenters. The zero-order chi connectivity index (χ0) is 14.4. The van der Waals surface area contributed by atoms with Gasteiger partial charge in [0.15, 0.2) is 0 Å². The zero-order valence-corrected chi connectivity index (χ0v) is 13.5. The Balaban J connectivity index is 0.00000220. The minimum absolute atomic E-state index is 0. The summed E-state index contributed by atoms with van der Waals surface area (Å²) in [6.07, 6.45) is 1.11. The van der Waals surface area contributed by atoms with Gasteiger partial charge in [-0.1, -0.05) is 30.3 Å². The van der Waals surface area contributed by atoms with Gasteiger partial charge < -0.3 is 11.1 Å². The van der Waals surface area contributed by atoms with E-state index >= 15 is 0 Å². The van der Waals surface area contributed by atoms with E-state index in [1.807, 2.05) is 42.6 Å².